The molecule has 1 rings (SSSR count). The maximum atomic E-state index is 5.65. The molecule has 0 saturated heterocycles. The van der Waals surface area contributed by atoms with Crippen LogP contribution in [0.4, 0.5) is 0 Å². The van der Waals surface area contributed by atoms with Crippen LogP contribution in [0.3, 0.4) is 0 Å². The quantitative estimate of drug-likeness (QED) is 0.182. The molecular weight excluding hydrogens is 408 g/mol. The Balaban J connectivity index is 0.00000900. The van der Waals surface area contributed by atoms with E-state index in [9.17, 15) is 0 Å². The highest BCUT2D eigenvalue weighted by Crippen LogP contribution is 2.10. The third-order valence-electron chi connectivity index (χ3n) is 5.38. The molecular formula is C24H49ClN6. The number of benzene rings is 1. The average Bonchev–Trinajstić information content (AvgIpc) is 2.76. The van der Waals surface area contributed by atoms with Crippen molar-refractivity contribution >= 4 is 12.4 Å². The minimum atomic E-state index is 0. The number of halogens is 1. The number of hydrogen-bond acceptors (Lipinski definition) is 6. The van der Waals surface area contributed by atoms with Crippen LogP contribution in [0.15, 0.2) is 24.3 Å². The zero-order valence-electron chi connectivity index (χ0n) is 19.6. The summed E-state index contributed by atoms with van der Waals surface area (Å²) in [5.74, 6) is 0. The van der Waals surface area contributed by atoms with Crippen LogP contribution in [0.2, 0.25) is 0 Å². The first kappa shape index (κ1) is 30.3. The highest BCUT2D eigenvalue weighted by molar-refractivity contribution is 5.85. The van der Waals surface area contributed by atoms with Crippen LogP contribution >= 0.6 is 12.4 Å². The lowest BCUT2D eigenvalue weighted by Crippen LogP contribution is -2.26. The Morgan fingerprint density at radius 2 is 1.03 bits per heavy atom. The van der Waals surface area contributed by atoms with E-state index in [2.05, 4.69) is 39.8 Å². The number of nitrogens with one attached hydrogen (secondary N) is 2. The molecule has 0 aromatic heterocycles. The molecule has 0 fully saturated rings. The molecule has 0 heterocycles. The Bertz CT molecular complexity index is 475. The molecule has 1 aromatic carbocycles. The van der Waals surface area contributed by atoms with Gasteiger partial charge in [0.15, 0.2) is 0 Å². The average molecular weight is 457 g/mol. The fourth-order valence-electron chi connectivity index (χ4n) is 3.50. The van der Waals surface area contributed by atoms with E-state index >= 15 is 0 Å². The van der Waals surface area contributed by atoms with Gasteiger partial charge in [-0.15, -0.1) is 12.4 Å². The second-order valence-electron chi connectivity index (χ2n) is 8.21. The molecule has 6 nitrogen and oxygen atoms in total. The van der Waals surface area contributed by atoms with Crippen molar-refractivity contribution in [3.63, 3.8) is 0 Å². The topological polar surface area (TPSA) is 105 Å². The third kappa shape index (κ3) is 17.5. The number of unbranched alkanes of at least 4 members (excludes halogenated alkanes) is 4. The fraction of sp³-hybridized carbons (Fsp3) is 0.750. The van der Waals surface area contributed by atoms with Crippen molar-refractivity contribution in [3.05, 3.63) is 35.4 Å². The monoisotopic (exact) mass is 456 g/mol. The van der Waals surface area contributed by atoms with Crippen molar-refractivity contribution in [2.45, 2.75) is 64.5 Å². The van der Waals surface area contributed by atoms with E-state index in [-0.39, 0.29) is 12.4 Å². The standard InChI is InChI=1S/C24H48N6.ClH/c25-13-1-4-16-28-17-5-6-18-29-21-23-9-11-24(12-10-23)22-30(19-7-2-14-26)20-8-3-15-27;/h9-12,28-29H,1-8,13-22,25-27H2;1H. The van der Waals surface area contributed by atoms with E-state index in [1.165, 1.54) is 43.2 Å². The summed E-state index contributed by atoms with van der Waals surface area (Å²) in [4.78, 5) is 2.54. The summed E-state index contributed by atoms with van der Waals surface area (Å²) in [7, 11) is 0. The van der Waals surface area contributed by atoms with Gasteiger partial charge in [0.25, 0.3) is 0 Å². The van der Waals surface area contributed by atoms with Gasteiger partial charge in [0.2, 0.25) is 0 Å². The lowest BCUT2D eigenvalue weighted by Gasteiger charge is -2.22. The molecule has 0 aliphatic heterocycles. The number of nitrogens with two attached hydrogens (primary N) is 3. The Morgan fingerprint density at radius 3 is 1.58 bits per heavy atom. The Kier molecular flexibility index (Phi) is 21.9. The fourth-order valence-corrected chi connectivity index (χ4v) is 3.50. The zero-order valence-corrected chi connectivity index (χ0v) is 20.4. The molecule has 0 saturated carbocycles. The molecule has 31 heavy (non-hydrogen) atoms. The van der Waals surface area contributed by atoms with Crippen LogP contribution in [0.5, 0.6) is 0 Å². The molecule has 0 radical (unpaired) electrons. The molecule has 0 spiro atoms. The minimum absolute atomic E-state index is 0. The maximum Gasteiger partial charge on any atom is 0.0233 e. The van der Waals surface area contributed by atoms with Crippen molar-refractivity contribution in [1.82, 2.24) is 15.5 Å². The van der Waals surface area contributed by atoms with Crippen molar-refractivity contribution < 1.29 is 0 Å². The summed E-state index contributed by atoms with van der Waals surface area (Å²) in [5, 5.41) is 7.05. The van der Waals surface area contributed by atoms with E-state index in [0.717, 1.165) is 84.7 Å². The molecule has 7 heteroatoms. The molecule has 8 N–H and O–H groups in total. The molecule has 0 amide bonds. The summed E-state index contributed by atoms with van der Waals surface area (Å²) in [6.45, 7) is 9.83. The highest BCUT2D eigenvalue weighted by Gasteiger charge is 2.06. The maximum absolute atomic E-state index is 5.65. The van der Waals surface area contributed by atoms with Gasteiger partial charge >= 0.3 is 0 Å². The van der Waals surface area contributed by atoms with Gasteiger partial charge in [0.1, 0.15) is 0 Å². The first-order valence-electron chi connectivity index (χ1n) is 12.1. The van der Waals surface area contributed by atoms with Crippen molar-refractivity contribution in [2.24, 2.45) is 17.2 Å². The van der Waals surface area contributed by atoms with Gasteiger partial charge < -0.3 is 27.8 Å². The van der Waals surface area contributed by atoms with Crippen molar-refractivity contribution in [2.75, 3.05) is 52.4 Å². The number of rotatable bonds is 21. The number of hydrogen-bond donors (Lipinski definition) is 5. The van der Waals surface area contributed by atoms with E-state index in [1.54, 1.807) is 0 Å². The van der Waals surface area contributed by atoms with Crippen LogP contribution in [0, 0.1) is 0 Å². The minimum Gasteiger partial charge on any atom is -0.330 e. The van der Waals surface area contributed by atoms with Gasteiger partial charge in [-0.25, -0.2) is 0 Å². The molecule has 0 bridgehead atoms. The summed E-state index contributed by atoms with van der Waals surface area (Å²) in [6.07, 6.45) is 9.28. The smallest absolute Gasteiger partial charge is 0.0233 e. The molecule has 0 unspecified atom stereocenters. The van der Waals surface area contributed by atoms with Crippen LogP contribution in [0.1, 0.15) is 62.5 Å². The van der Waals surface area contributed by atoms with Crippen molar-refractivity contribution in [3.8, 4) is 0 Å². The Morgan fingerprint density at radius 1 is 0.581 bits per heavy atom. The molecule has 182 valence electrons. The SMILES string of the molecule is Cl.NCCCCNCCCCNCc1ccc(CN(CCCCN)CCCCN)cc1. The lowest BCUT2D eigenvalue weighted by molar-refractivity contribution is 0.255. The summed E-state index contributed by atoms with van der Waals surface area (Å²) < 4.78 is 0. The van der Waals surface area contributed by atoms with E-state index in [4.69, 9.17) is 17.2 Å². The summed E-state index contributed by atoms with van der Waals surface area (Å²) in [5.41, 5.74) is 19.6. The first-order chi connectivity index (χ1) is 14.8. The Hall–Kier alpha value is -0.730. The van der Waals surface area contributed by atoms with Gasteiger partial charge in [-0.1, -0.05) is 24.3 Å². The molecule has 0 aliphatic carbocycles. The van der Waals surface area contributed by atoms with Crippen LogP contribution in [-0.4, -0.2) is 57.3 Å². The molecule has 1 aromatic rings. The van der Waals surface area contributed by atoms with E-state index in [1.807, 2.05) is 0 Å². The zero-order chi connectivity index (χ0) is 21.7. The summed E-state index contributed by atoms with van der Waals surface area (Å²) in [6, 6.07) is 9.08. The largest absolute Gasteiger partial charge is 0.330 e. The molecule has 0 atom stereocenters. The van der Waals surface area contributed by atoms with Crippen LogP contribution in [0.25, 0.3) is 0 Å². The summed E-state index contributed by atoms with van der Waals surface area (Å²) >= 11 is 0. The Labute approximate surface area is 197 Å². The second-order valence-corrected chi connectivity index (χ2v) is 8.21. The number of nitrogens with zero attached hydrogens (tertiary/aromatic N) is 1. The molecule has 0 aliphatic rings. The van der Waals surface area contributed by atoms with Crippen LogP contribution in [-0.2, 0) is 13.1 Å². The van der Waals surface area contributed by atoms with Gasteiger partial charge in [-0.05, 0) is 115 Å². The van der Waals surface area contributed by atoms with Gasteiger partial charge in [-0.2, -0.15) is 0 Å². The second kappa shape index (κ2) is 22.5. The predicted octanol–water partition coefficient (Wildman–Crippen LogP) is 2.59. The predicted molar refractivity (Wildman–Crippen MR) is 138 cm³/mol. The van der Waals surface area contributed by atoms with E-state index in [0.29, 0.717) is 0 Å². The van der Waals surface area contributed by atoms with Gasteiger partial charge in [0.05, 0.1) is 0 Å². The first-order valence-corrected chi connectivity index (χ1v) is 12.1. The van der Waals surface area contributed by atoms with Crippen molar-refractivity contribution in [1.29, 1.82) is 0 Å². The van der Waals surface area contributed by atoms with Gasteiger partial charge in [-0.3, -0.25) is 4.90 Å². The third-order valence-corrected chi connectivity index (χ3v) is 5.38. The van der Waals surface area contributed by atoms with Gasteiger partial charge in [0, 0.05) is 13.1 Å². The lowest BCUT2D eigenvalue weighted by atomic mass is 10.1. The normalized spacial score (nSPS) is 11.1. The highest BCUT2D eigenvalue weighted by atomic mass is 35.5. The van der Waals surface area contributed by atoms with E-state index < -0.39 is 0 Å². The van der Waals surface area contributed by atoms with Crippen LogP contribution < -0.4 is 27.8 Å².